The fraction of sp³-hybridized carbons (Fsp3) is 0. The zero-order chi connectivity index (χ0) is 22.2. The zero-order valence-corrected chi connectivity index (χ0v) is 18.5. The van der Waals surface area contributed by atoms with E-state index < -0.39 is 0 Å². The zero-order valence-electron chi connectivity index (χ0n) is 17.8. The van der Waals surface area contributed by atoms with Crippen LogP contribution in [0, 0.1) is 0 Å². The van der Waals surface area contributed by atoms with Crippen LogP contribution < -0.4 is 4.90 Å². The van der Waals surface area contributed by atoms with Gasteiger partial charge in [-0.1, -0.05) is 90.5 Å². The summed E-state index contributed by atoms with van der Waals surface area (Å²) in [5.41, 5.74) is 7.09. The van der Waals surface area contributed by atoms with Gasteiger partial charge in [-0.3, -0.25) is 0 Å². The Morgan fingerprint density at radius 1 is 0.545 bits per heavy atom. The summed E-state index contributed by atoms with van der Waals surface area (Å²) in [5.74, 6) is 0. The third-order valence-electron chi connectivity index (χ3n) is 5.91. The molecule has 0 unspecified atom stereocenters. The number of para-hydroxylation sites is 2. The predicted octanol–water partition coefficient (Wildman–Crippen LogP) is 9.38. The fourth-order valence-corrected chi connectivity index (χ4v) is 4.62. The van der Waals surface area contributed by atoms with Crippen LogP contribution >= 0.6 is 11.6 Å². The molecule has 0 amide bonds. The predicted molar refractivity (Wildman–Crippen MR) is 139 cm³/mol. The van der Waals surface area contributed by atoms with Gasteiger partial charge in [-0.25, -0.2) is 0 Å². The molecule has 0 saturated carbocycles. The van der Waals surface area contributed by atoms with Gasteiger partial charge in [0.25, 0.3) is 0 Å². The highest BCUT2D eigenvalue weighted by Gasteiger charge is 2.20. The lowest BCUT2D eigenvalue weighted by Gasteiger charge is -2.26. The number of fused-ring (bicyclic) bond motifs is 3. The first-order chi connectivity index (χ1) is 16.3. The van der Waals surface area contributed by atoms with Gasteiger partial charge < -0.3 is 9.32 Å². The molecule has 0 radical (unpaired) electrons. The van der Waals surface area contributed by atoms with E-state index in [1.165, 1.54) is 11.1 Å². The van der Waals surface area contributed by atoms with Gasteiger partial charge in [-0.2, -0.15) is 0 Å². The minimum absolute atomic E-state index is 0.637. The normalized spacial score (nSPS) is 11.2. The average molecular weight is 446 g/mol. The van der Waals surface area contributed by atoms with Crippen molar-refractivity contribution < 1.29 is 4.42 Å². The van der Waals surface area contributed by atoms with Gasteiger partial charge in [-0.15, -0.1) is 0 Å². The van der Waals surface area contributed by atoms with Crippen molar-refractivity contribution in [2.75, 3.05) is 4.90 Å². The minimum Gasteiger partial charge on any atom is -0.456 e. The Hall–Kier alpha value is -4.01. The molecule has 0 atom stereocenters. The molecule has 0 N–H and O–H groups in total. The van der Waals surface area contributed by atoms with Crippen LogP contribution in [0.2, 0.25) is 5.02 Å². The van der Waals surface area contributed by atoms with E-state index in [-0.39, 0.29) is 0 Å². The number of hydrogen-bond donors (Lipinski definition) is 0. The molecule has 0 spiro atoms. The molecular weight excluding hydrogens is 426 g/mol. The van der Waals surface area contributed by atoms with Crippen LogP contribution in [0.15, 0.2) is 126 Å². The van der Waals surface area contributed by atoms with Crippen molar-refractivity contribution >= 4 is 50.6 Å². The van der Waals surface area contributed by atoms with Gasteiger partial charge in [0.2, 0.25) is 0 Å². The van der Waals surface area contributed by atoms with E-state index in [0.717, 1.165) is 39.0 Å². The van der Waals surface area contributed by atoms with Gasteiger partial charge in [0.1, 0.15) is 11.2 Å². The molecule has 33 heavy (non-hydrogen) atoms. The monoisotopic (exact) mass is 445 g/mol. The maximum Gasteiger partial charge on any atom is 0.139 e. The minimum atomic E-state index is 0.637. The highest BCUT2D eigenvalue weighted by atomic mass is 35.5. The molecule has 2 nitrogen and oxygen atoms in total. The van der Waals surface area contributed by atoms with Crippen molar-refractivity contribution in [3.63, 3.8) is 0 Å². The molecule has 6 rings (SSSR count). The van der Waals surface area contributed by atoms with E-state index in [1.807, 2.05) is 42.5 Å². The number of furan rings is 1. The maximum atomic E-state index is 6.59. The summed E-state index contributed by atoms with van der Waals surface area (Å²) in [5, 5.41) is 2.75. The van der Waals surface area contributed by atoms with Crippen LogP contribution in [-0.4, -0.2) is 0 Å². The van der Waals surface area contributed by atoms with Crippen molar-refractivity contribution in [2.24, 2.45) is 0 Å². The highest BCUT2D eigenvalue weighted by molar-refractivity contribution is 6.32. The first kappa shape index (κ1) is 19.7. The summed E-state index contributed by atoms with van der Waals surface area (Å²) in [6.45, 7) is 0. The van der Waals surface area contributed by atoms with Gasteiger partial charge in [-0.05, 0) is 47.5 Å². The van der Waals surface area contributed by atoms with Gasteiger partial charge >= 0.3 is 0 Å². The third kappa shape index (κ3) is 3.55. The Morgan fingerprint density at radius 2 is 1.15 bits per heavy atom. The number of halogens is 1. The second kappa shape index (κ2) is 8.16. The largest absolute Gasteiger partial charge is 0.456 e. The fourth-order valence-electron chi connectivity index (χ4n) is 4.41. The molecule has 0 saturated heterocycles. The molecule has 0 aliphatic heterocycles. The molecule has 0 aliphatic rings. The summed E-state index contributed by atoms with van der Waals surface area (Å²) < 4.78 is 6.16. The lowest BCUT2D eigenvalue weighted by molar-refractivity contribution is 0.669. The van der Waals surface area contributed by atoms with E-state index in [4.69, 9.17) is 16.0 Å². The van der Waals surface area contributed by atoms with Crippen molar-refractivity contribution in [3.8, 4) is 11.1 Å². The first-order valence-electron chi connectivity index (χ1n) is 10.9. The Balaban J connectivity index is 1.59. The lowest BCUT2D eigenvalue weighted by atomic mass is 10.0. The number of benzene rings is 5. The summed E-state index contributed by atoms with van der Waals surface area (Å²) in [7, 11) is 0. The molecular formula is C30H20ClNO. The molecule has 0 bridgehead atoms. The quantitative estimate of drug-likeness (QED) is 0.268. The molecule has 1 aromatic heterocycles. The van der Waals surface area contributed by atoms with Crippen LogP contribution in [0.4, 0.5) is 17.1 Å². The van der Waals surface area contributed by atoms with Crippen molar-refractivity contribution in [1.29, 1.82) is 0 Å². The average Bonchev–Trinajstić information content (AvgIpc) is 3.24. The van der Waals surface area contributed by atoms with Gasteiger partial charge in [0, 0.05) is 27.8 Å². The lowest BCUT2D eigenvalue weighted by Crippen LogP contribution is -2.10. The Labute approximate surface area is 197 Å². The Bertz CT molecular complexity index is 1550. The van der Waals surface area contributed by atoms with Crippen molar-refractivity contribution in [3.05, 3.63) is 126 Å². The van der Waals surface area contributed by atoms with Gasteiger partial charge in [0.05, 0.1) is 11.1 Å². The van der Waals surface area contributed by atoms with Crippen molar-refractivity contribution in [2.45, 2.75) is 0 Å². The highest BCUT2D eigenvalue weighted by Crippen LogP contribution is 2.44. The standard InChI is InChI=1S/C30H20ClNO/c31-23-19-27(30-26-13-7-8-14-28(26)33-29(30)20-23)32(24-11-5-2-6-12-24)25-17-15-22(16-18-25)21-9-3-1-4-10-21/h1-20H. The van der Waals surface area contributed by atoms with E-state index in [9.17, 15) is 0 Å². The smallest absolute Gasteiger partial charge is 0.139 e. The molecule has 1 heterocycles. The third-order valence-corrected chi connectivity index (χ3v) is 6.13. The SMILES string of the molecule is Clc1cc(N(c2ccccc2)c2ccc(-c3ccccc3)cc2)c2c(c1)oc1ccccc12. The molecule has 3 heteroatoms. The summed E-state index contributed by atoms with van der Waals surface area (Å²) in [6.07, 6.45) is 0. The number of nitrogens with zero attached hydrogens (tertiary/aromatic N) is 1. The number of anilines is 3. The van der Waals surface area contributed by atoms with E-state index in [0.29, 0.717) is 5.02 Å². The Morgan fingerprint density at radius 3 is 1.91 bits per heavy atom. The molecule has 5 aromatic carbocycles. The Kier molecular flexibility index (Phi) is 4.86. The molecule has 6 aromatic rings. The van der Waals surface area contributed by atoms with Crippen LogP contribution in [0.3, 0.4) is 0 Å². The molecule has 0 fully saturated rings. The number of rotatable bonds is 4. The number of hydrogen-bond acceptors (Lipinski definition) is 2. The summed E-state index contributed by atoms with van der Waals surface area (Å²) in [4.78, 5) is 2.24. The van der Waals surface area contributed by atoms with E-state index >= 15 is 0 Å². The van der Waals surface area contributed by atoms with Gasteiger partial charge in [0.15, 0.2) is 0 Å². The van der Waals surface area contributed by atoms with E-state index in [2.05, 4.69) is 83.8 Å². The molecule has 158 valence electrons. The van der Waals surface area contributed by atoms with Crippen LogP contribution in [-0.2, 0) is 0 Å². The van der Waals surface area contributed by atoms with Crippen LogP contribution in [0.5, 0.6) is 0 Å². The topological polar surface area (TPSA) is 16.4 Å². The van der Waals surface area contributed by atoms with Crippen molar-refractivity contribution in [1.82, 2.24) is 0 Å². The summed E-state index contributed by atoms with van der Waals surface area (Å²) >= 11 is 6.59. The second-order valence-corrected chi connectivity index (χ2v) is 8.42. The molecule has 0 aliphatic carbocycles. The van der Waals surface area contributed by atoms with E-state index in [1.54, 1.807) is 0 Å². The first-order valence-corrected chi connectivity index (χ1v) is 11.3. The summed E-state index contributed by atoms with van der Waals surface area (Å²) in [6, 6.07) is 41.4. The second-order valence-electron chi connectivity index (χ2n) is 7.98. The maximum absolute atomic E-state index is 6.59. The van der Waals surface area contributed by atoms with Crippen LogP contribution in [0.25, 0.3) is 33.1 Å². The van der Waals surface area contributed by atoms with Crippen LogP contribution in [0.1, 0.15) is 0 Å².